The summed E-state index contributed by atoms with van der Waals surface area (Å²) in [4.78, 5) is 0. The molecule has 64 valence electrons. The SMILES string of the molecule is FC1CCOC2(CCNC2)C1. The van der Waals surface area contributed by atoms with Crippen molar-refractivity contribution >= 4 is 0 Å². The van der Waals surface area contributed by atoms with Crippen LogP contribution in [0.2, 0.25) is 0 Å². The molecule has 0 amide bonds. The third kappa shape index (κ3) is 1.40. The topological polar surface area (TPSA) is 21.3 Å². The molecule has 0 radical (unpaired) electrons. The Labute approximate surface area is 66.1 Å². The van der Waals surface area contributed by atoms with Crippen molar-refractivity contribution in [3.8, 4) is 0 Å². The highest BCUT2D eigenvalue weighted by molar-refractivity contribution is 4.93. The lowest BCUT2D eigenvalue weighted by atomic mass is 9.92. The largest absolute Gasteiger partial charge is 0.373 e. The molecular weight excluding hydrogens is 145 g/mol. The molecule has 0 saturated carbocycles. The Morgan fingerprint density at radius 3 is 3.09 bits per heavy atom. The van der Waals surface area contributed by atoms with Crippen molar-refractivity contribution in [3.05, 3.63) is 0 Å². The number of halogens is 1. The number of ether oxygens (including phenoxy) is 1. The average Bonchev–Trinajstić information content (AvgIpc) is 2.37. The average molecular weight is 159 g/mol. The third-order valence-corrected chi connectivity index (χ3v) is 2.64. The Morgan fingerprint density at radius 2 is 2.45 bits per heavy atom. The number of rotatable bonds is 0. The van der Waals surface area contributed by atoms with E-state index in [1.165, 1.54) is 0 Å². The van der Waals surface area contributed by atoms with E-state index in [4.69, 9.17) is 4.74 Å². The van der Waals surface area contributed by atoms with Crippen LogP contribution in [0.1, 0.15) is 19.3 Å². The van der Waals surface area contributed by atoms with Gasteiger partial charge in [-0.05, 0) is 13.0 Å². The van der Waals surface area contributed by atoms with Crippen molar-refractivity contribution in [2.24, 2.45) is 0 Å². The summed E-state index contributed by atoms with van der Waals surface area (Å²) in [5.74, 6) is 0. The van der Waals surface area contributed by atoms with Gasteiger partial charge in [-0.2, -0.15) is 0 Å². The molecule has 0 aliphatic carbocycles. The maximum Gasteiger partial charge on any atom is 0.105 e. The molecule has 2 unspecified atom stereocenters. The third-order valence-electron chi connectivity index (χ3n) is 2.64. The number of nitrogens with one attached hydrogen (secondary N) is 1. The fourth-order valence-electron chi connectivity index (χ4n) is 1.99. The highest BCUT2D eigenvalue weighted by atomic mass is 19.1. The molecule has 2 atom stereocenters. The Hall–Kier alpha value is -0.150. The van der Waals surface area contributed by atoms with Gasteiger partial charge in [-0.3, -0.25) is 0 Å². The van der Waals surface area contributed by atoms with Crippen molar-refractivity contribution in [1.29, 1.82) is 0 Å². The van der Waals surface area contributed by atoms with Gasteiger partial charge in [0.15, 0.2) is 0 Å². The maximum atomic E-state index is 13.0. The van der Waals surface area contributed by atoms with Gasteiger partial charge in [-0.1, -0.05) is 0 Å². The molecule has 0 bridgehead atoms. The summed E-state index contributed by atoms with van der Waals surface area (Å²) in [5.41, 5.74) is -0.141. The van der Waals surface area contributed by atoms with Crippen molar-refractivity contribution in [1.82, 2.24) is 5.32 Å². The first kappa shape index (κ1) is 7.50. The lowest BCUT2D eigenvalue weighted by molar-refractivity contribution is -0.0886. The van der Waals surface area contributed by atoms with Crippen LogP contribution in [0.25, 0.3) is 0 Å². The summed E-state index contributed by atoms with van der Waals surface area (Å²) < 4.78 is 18.6. The molecule has 0 aromatic heterocycles. The van der Waals surface area contributed by atoms with E-state index in [0.29, 0.717) is 19.4 Å². The first-order valence-electron chi connectivity index (χ1n) is 4.30. The molecule has 2 aliphatic heterocycles. The summed E-state index contributed by atoms with van der Waals surface area (Å²) in [6.07, 6.45) is 1.53. The minimum Gasteiger partial charge on any atom is -0.373 e. The molecule has 2 rings (SSSR count). The molecule has 1 N–H and O–H groups in total. The van der Waals surface area contributed by atoms with E-state index in [2.05, 4.69) is 5.32 Å². The Balaban J connectivity index is 2.00. The summed E-state index contributed by atoms with van der Waals surface area (Å²) >= 11 is 0. The summed E-state index contributed by atoms with van der Waals surface area (Å²) in [6.45, 7) is 2.42. The number of alkyl halides is 1. The molecule has 2 nitrogen and oxygen atoms in total. The predicted molar refractivity (Wildman–Crippen MR) is 40.3 cm³/mol. The highest BCUT2D eigenvalue weighted by Crippen LogP contribution is 2.31. The van der Waals surface area contributed by atoms with Gasteiger partial charge in [0.25, 0.3) is 0 Å². The minimum absolute atomic E-state index is 0.141. The fraction of sp³-hybridized carbons (Fsp3) is 1.00. The fourth-order valence-corrected chi connectivity index (χ4v) is 1.99. The zero-order valence-electron chi connectivity index (χ0n) is 6.61. The second-order valence-electron chi connectivity index (χ2n) is 3.55. The molecule has 2 aliphatic rings. The summed E-state index contributed by atoms with van der Waals surface area (Å²) in [5, 5.41) is 3.21. The van der Waals surface area contributed by atoms with Crippen LogP contribution in [0.5, 0.6) is 0 Å². The van der Waals surface area contributed by atoms with Gasteiger partial charge in [-0.25, -0.2) is 4.39 Å². The second-order valence-corrected chi connectivity index (χ2v) is 3.55. The normalized spacial score (nSPS) is 45.0. The minimum atomic E-state index is -0.636. The quantitative estimate of drug-likeness (QED) is 0.566. The van der Waals surface area contributed by atoms with E-state index >= 15 is 0 Å². The zero-order valence-corrected chi connectivity index (χ0v) is 6.61. The van der Waals surface area contributed by atoms with E-state index in [9.17, 15) is 4.39 Å². The summed E-state index contributed by atoms with van der Waals surface area (Å²) in [7, 11) is 0. The molecule has 1 spiro atoms. The van der Waals surface area contributed by atoms with Crippen LogP contribution in [0.3, 0.4) is 0 Å². The van der Waals surface area contributed by atoms with Gasteiger partial charge in [0, 0.05) is 19.4 Å². The molecule has 0 aromatic rings. The van der Waals surface area contributed by atoms with Crippen LogP contribution >= 0.6 is 0 Å². The number of hydrogen-bond acceptors (Lipinski definition) is 2. The van der Waals surface area contributed by atoms with Crippen LogP contribution in [-0.4, -0.2) is 31.5 Å². The standard InChI is InChI=1S/C8H14FNO/c9-7-1-4-11-8(5-7)2-3-10-6-8/h7,10H,1-6H2. The Kier molecular flexibility index (Phi) is 1.85. The zero-order chi connectivity index (χ0) is 7.73. The van der Waals surface area contributed by atoms with Crippen LogP contribution in [0.15, 0.2) is 0 Å². The van der Waals surface area contributed by atoms with E-state index in [1.807, 2.05) is 0 Å². The second kappa shape index (κ2) is 2.72. The van der Waals surface area contributed by atoms with Gasteiger partial charge < -0.3 is 10.1 Å². The van der Waals surface area contributed by atoms with Crippen molar-refractivity contribution in [2.75, 3.05) is 19.7 Å². The molecule has 3 heteroatoms. The van der Waals surface area contributed by atoms with Gasteiger partial charge in [0.1, 0.15) is 6.17 Å². The van der Waals surface area contributed by atoms with Crippen molar-refractivity contribution in [2.45, 2.75) is 31.0 Å². The molecule has 11 heavy (non-hydrogen) atoms. The molecule has 2 heterocycles. The van der Waals surface area contributed by atoms with E-state index in [-0.39, 0.29) is 5.60 Å². The van der Waals surface area contributed by atoms with E-state index in [0.717, 1.165) is 19.5 Å². The van der Waals surface area contributed by atoms with Crippen LogP contribution in [-0.2, 0) is 4.74 Å². The maximum absolute atomic E-state index is 13.0. The molecule has 2 saturated heterocycles. The van der Waals surface area contributed by atoms with Crippen LogP contribution in [0, 0.1) is 0 Å². The summed E-state index contributed by atoms with van der Waals surface area (Å²) in [6, 6.07) is 0. The predicted octanol–water partition coefficient (Wildman–Crippen LogP) is 0.867. The lowest BCUT2D eigenvalue weighted by Crippen LogP contribution is -2.42. The Bertz CT molecular complexity index is 145. The Morgan fingerprint density at radius 1 is 1.55 bits per heavy atom. The van der Waals surface area contributed by atoms with Gasteiger partial charge in [0.2, 0.25) is 0 Å². The van der Waals surface area contributed by atoms with Crippen LogP contribution in [0.4, 0.5) is 4.39 Å². The van der Waals surface area contributed by atoms with Crippen LogP contribution < -0.4 is 5.32 Å². The van der Waals surface area contributed by atoms with Gasteiger partial charge >= 0.3 is 0 Å². The first-order valence-corrected chi connectivity index (χ1v) is 4.30. The molecule has 0 aromatic carbocycles. The monoisotopic (exact) mass is 159 g/mol. The number of hydrogen-bond donors (Lipinski definition) is 1. The van der Waals surface area contributed by atoms with E-state index < -0.39 is 6.17 Å². The van der Waals surface area contributed by atoms with Crippen molar-refractivity contribution < 1.29 is 9.13 Å². The smallest absolute Gasteiger partial charge is 0.105 e. The first-order chi connectivity index (χ1) is 5.31. The molecular formula is C8H14FNO. The highest BCUT2D eigenvalue weighted by Gasteiger charge is 2.39. The van der Waals surface area contributed by atoms with Crippen molar-refractivity contribution in [3.63, 3.8) is 0 Å². The molecule has 2 fully saturated rings. The van der Waals surface area contributed by atoms with Gasteiger partial charge in [-0.15, -0.1) is 0 Å². The van der Waals surface area contributed by atoms with Gasteiger partial charge in [0.05, 0.1) is 12.2 Å². The van der Waals surface area contributed by atoms with E-state index in [1.54, 1.807) is 0 Å². The lowest BCUT2D eigenvalue weighted by Gasteiger charge is -2.34.